The van der Waals surface area contributed by atoms with E-state index in [9.17, 15) is 13.2 Å². The molecule has 0 bridgehead atoms. The molecule has 0 spiro atoms. The van der Waals surface area contributed by atoms with E-state index in [4.69, 9.17) is 5.11 Å². The molecule has 1 aliphatic heterocycles. The van der Waals surface area contributed by atoms with Gasteiger partial charge in [0.1, 0.15) is 0 Å². The van der Waals surface area contributed by atoms with E-state index in [1.54, 1.807) is 0 Å². The van der Waals surface area contributed by atoms with Crippen molar-refractivity contribution in [3.63, 3.8) is 0 Å². The van der Waals surface area contributed by atoms with Crippen LogP contribution in [-0.4, -0.2) is 67.7 Å². The van der Waals surface area contributed by atoms with Crippen molar-refractivity contribution in [2.24, 2.45) is 0 Å². The first kappa shape index (κ1) is 14.1. The molecule has 0 amide bonds. The number of sulfonamides is 1. The molecule has 0 radical (unpaired) electrons. The maximum Gasteiger partial charge on any atom is 0.331 e. The normalized spacial score (nSPS) is 19.1. The van der Waals surface area contributed by atoms with Crippen LogP contribution in [0.15, 0.2) is 12.2 Å². The molecule has 1 saturated heterocycles. The van der Waals surface area contributed by atoms with Gasteiger partial charge in [0.05, 0.1) is 6.26 Å². The van der Waals surface area contributed by atoms with Gasteiger partial charge >= 0.3 is 5.97 Å². The fourth-order valence-electron chi connectivity index (χ4n) is 1.68. The van der Waals surface area contributed by atoms with Gasteiger partial charge in [-0.15, -0.1) is 0 Å². The Kier molecular flexibility index (Phi) is 4.67. The summed E-state index contributed by atoms with van der Waals surface area (Å²) in [6, 6.07) is 0. The molecule has 0 atom stereocenters. The first-order valence-electron chi connectivity index (χ1n) is 5.39. The minimum Gasteiger partial charge on any atom is -0.478 e. The minimum absolute atomic E-state index is 0.190. The molecule has 98 valence electrons. The second-order valence-corrected chi connectivity index (χ2v) is 6.14. The molecule has 0 saturated carbocycles. The molecule has 0 aromatic rings. The Balaban J connectivity index is 2.33. The van der Waals surface area contributed by atoms with Crippen molar-refractivity contribution in [3.8, 4) is 0 Å². The predicted molar refractivity (Wildman–Crippen MR) is 64.2 cm³/mol. The maximum absolute atomic E-state index is 11.3. The van der Waals surface area contributed by atoms with Gasteiger partial charge < -0.3 is 10.0 Å². The summed E-state index contributed by atoms with van der Waals surface area (Å²) in [5, 5.41) is 8.65. The summed E-state index contributed by atoms with van der Waals surface area (Å²) in [7, 11) is -3.10. The van der Waals surface area contributed by atoms with Gasteiger partial charge in [0.15, 0.2) is 0 Å². The number of aliphatic carboxylic acids is 1. The summed E-state index contributed by atoms with van der Waals surface area (Å²) in [5.74, 6) is -0.972. The van der Waals surface area contributed by atoms with Crippen LogP contribution in [0.25, 0.3) is 0 Å². The van der Waals surface area contributed by atoms with Crippen LogP contribution in [-0.2, 0) is 14.8 Å². The average Bonchev–Trinajstić information content (AvgIpc) is 2.25. The van der Waals surface area contributed by atoms with Crippen LogP contribution in [0.2, 0.25) is 0 Å². The van der Waals surface area contributed by atoms with E-state index in [1.807, 2.05) is 0 Å². The van der Waals surface area contributed by atoms with Crippen molar-refractivity contribution in [3.05, 3.63) is 12.2 Å². The van der Waals surface area contributed by atoms with Gasteiger partial charge in [-0.2, -0.15) is 4.31 Å². The maximum atomic E-state index is 11.3. The van der Waals surface area contributed by atoms with Crippen molar-refractivity contribution in [1.29, 1.82) is 0 Å². The third-order valence-corrected chi connectivity index (χ3v) is 4.14. The number of carboxylic acids is 1. The number of rotatable bonds is 5. The lowest BCUT2D eigenvalue weighted by Crippen LogP contribution is -2.48. The summed E-state index contributed by atoms with van der Waals surface area (Å²) >= 11 is 0. The quantitative estimate of drug-likeness (QED) is 0.682. The Labute approximate surface area is 102 Å². The van der Waals surface area contributed by atoms with E-state index in [0.717, 1.165) is 0 Å². The van der Waals surface area contributed by atoms with E-state index >= 15 is 0 Å². The molecule has 6 nitrogen and oxygen atoms in total. The van der Waals surface area contributed by atoms with Crippen molar-refractivity contribution >= 4 is 16.0 Å². The van der Waals surface area contributed by atoms with Crippen molar-refractivity contribution in [2.45, 2.75) is 6.42 Å². The Morgan fingerprint density at radius 1 is 1.29 bits per heavy atom. The van der Waals surface area contributed by atoms with Crippen molar-refractivity contribution in [1.82, 2.24) is 9.21 Å². The molecule has 0 aromatic carbocycles. The Hall–Kier alpha value is -0.920. The molecule has 1 heterocycles. The molecule has 17 heavy (non-hydrogen) atoms. The largest absolute Gasteiger partial charge is 0.478 e. The second-order valence-electron chi connectivity index (χ2n) is 4.16. The predicted octanol–water partition coefficient (Wildman–Crippen LogP) is -0.405. The van der Waals surface area contributed by atoms with E-state index in [1.165, 1.54) is 10.6 Å². The third-order valence-electron chi connectivity index (χ3n) is 2.83. The van der Waals surface area contributed by atoms with Gasteiger partial charge in [0.25, 0.3) is 0 Å². The summed E-state index contributed by atoms with van der Waals surface area (Å²) in [5.41, 5.74) is 0.190. The standard InChI is InChI=1S/C10H18N2O4S/c1-9(10(13)14)3-4-11-5-7-12(8-6-11)17(2,15)16/h1,3-8H2,2H3,(H,13,14). The van der Waals surface area contributed by atoms with Crippen molar-refractivity contribution in [2.75, 3.05) is 39.0 Å². The molecule has 1 aliphatic rings. The number of piperazine rings is 1. The lowest BCUT2D eigenvalue weighted by Gasteiger charge is -2.33. The molecule has 0 aliphatic carbocycles. The van der Waals surface area contributed by atoms with Crippen LogP contribution < -0.4 is 0 Å². The van der Waals surface area contributed by atoms with Crippen LogP contribution in [0.5, 0.6) is 0 Å². The third kappa shape index (κ3) is 4.45. The summed E-state index contributed by atoms with van der Waals surface area (Å²) in [6.07, 6.45) is 1.61. The summed E-state index contributed by atoms with van der Waals surface area (Å²) in [4.78, 5) is 12.6. The van der Waals surface area contributed by atoms with Crippen LogP contribution in [0.4, 0.5) is 0 Å². The zero-order valence-corrected chi connectivity index (χ0v) is 10.7. The highest BCUT2D eigenvalue weighted by atomic mass is 32.2. The molecular weight excluding hydrogens is 244 g/mol. The van der Waals surface area contributed by atoms with E-state index in [0.29, 0.717) is 39.1 Å². The van der Waals surface area contributed by atoms with Gasteiger partial charge in [0, 0.05) is 38.3 Å². The molecule has 0 unspecified atom stereocenters. The van der Waals surface area contributed by atoms with E-state index < -0.39 is 16.0 Å². The molecule has 1 fully saturated rings. The number of nitrogens with zero attached hydrogens (tertiary/aromatic N) is 2. The average molecular weight is 262 g/mol. The lowest BCUT2D eigenvalue weighted by molar-refractivity contribution is -0.132. The first-order valence-corrected chi connectivity index (χ1v) is 7.24. The van der Waals surface area contributed by atoms with Crippen LogP contribution >= 0.6 is 0 Å². The van der Waals surface area contributed by atoms with Gasteiger partial charge in [0.2, 0.25) is 10.0 Å². The van der Waals surface area contributed by atoms with Gasteiger partial charge in [-0.1, -0.05) is 6.58 Å². The van der Waals surface area contributed by atoms with Crippen LogP contribution in [0.1, 0.15) is 6.42 Å². The zero-order valence-electron chi connectivity index (χ0n) is 9.92. The fraction of sp³-hybridized carbons (Fsp3) is 0.700. The highest BCUT2D eigenvalue weighted by molar-refractivity contribution is 7.88. The number of carboxylic acid groups (broad SMARTS) is 1. The van der Waals surface area contributed by atoms with Gasteiger partial charge in [-0.3, -0.25) is 0 Å². The summed E-state index contributed by atoms with van der Waals surface area (Å²) < 4.78 is 24.0. The minimum atomic E-state index is -3.10. The molecular formula is C10H18N2O4S. The lowest BCUT2D eigenvalue weighted by atomic mass is 10.2. The van der Waals surface area contributed by atoms with Crippen molar-refractivity contribution < 1.29 is 18.3 Å². The van der Waals surface area contributed by atoms with E-state index in [2.05, 4.69) is 11.5 Å². The van der Waals surface area contributed by atoms with Gasteiger partial charge in [-0.05, 0) is 6.42 Å². The monoisotopic (exact) mass is 262 g/mol. The topological polar surface area (TPSA) is 77.9 Å². The Morgan fingerprint density at radius 2 is 1.82 bits per heavy atom. The zero-order chi connectivity index (χ0) is 13.1. The van der Waals surface area contributed by atoms with Crippen LogP contribution in [0, 0.1) is 0 Å². The van der Waals surface area contributed by atoms with Gasteiger partial charge in [-0.25, -0.2) is 13.2 Å². The highest BCUT2D eigenvalue weighted by Crippen LogP contribution is 2.08. The smallest absolute Gasteiger partial charge is 0.331 e. The molecule has 0 aromatic heterocycles. The Morgan fingerprint density at radius 3 is 2.24 bits per heavy atom. The van der Waals surface area contributed by atoms with Crippen LogP contribution in [0.3, 0.4) is 0 Å². The molecule has 1 rings (SSSR count). The number of hydrogen-bond acceptors (Lipinski definition) is 4. The molecule has 1 N–H and O–H groups in total. The summed E-state index contributed by atoms with van der Waals surface area (Å²) in [6.45, 7) is 6.29. The SMILES string of the molecule is C=C(CCN1CCN(S(C)(=O)=O)CC1)C(=O)O. The number of hydrogen-bond donors (Lipinski definition) is 1. The Bertz CT molecular complexity index is 397. The number of carbonyl (C=O) groups is 1. The second kappa shape index (κ2) is 5.61. The fourth-order valence-corrected chi connectivity index (χ4v) is 2.51. The van der Waals surface area contributed by atoms with E-state index in [-0.39, 0.29) is 5.57 Å². The molecule has 7 heteroatoms. The highest BCUT2D eigenvalue weighted by Gasteiger charge is 2.23. The first-order chi connectivity index (χ1) is 7.80.